The van der Waals surface area contributed by atoms with Crippen molar-refractivity contribution in [1.82, 2.24) is 9.97 Å². The van der Waals surface area contributed by atoms with E-state index in [1.54, 1.807) is 0 Å². The van der Waals surface area contributed by atoms with Crippen LogP contribution in [0.1, 0.15) is 51.9 Å². The van der Waals surface area contributed by atoms with Crippen LogP contribution in [0.4, 0.5) is 0 Å². The maximum absolute atomic E-state index is 10.3. The summed E-state index contributed by atoms with van der Waals surface area (Å²) in [5.74, 6) is 0.672. The number of hydrogen-bond donors (Lipinski definition) is 2. The van der Waals surface area contributed by atoms with Gasteiger partial charge in [-0.25, -0.2) is 9.97 Å². The van der Waals surface area contributed by atoms with Gasteiger partial charge in [-0.2, -0.15) is 0 Å². The monoisotopic (exact) mass is 299 g/mol. The zero-order chi connectivity index (χ0) is 16.0. The van der Waals surface area contributed by atoms with Crippen molar-refractivity contribution in [2.75, 3.05) is 0 Å². The van der Waals surface area contributed by atoms with Crippen molar-refractivity contribution in [3.63, 3.8) is 0 Å². The number of aliphatic hydroxyl groups is 1. The number of aromatic nitrogens is 2. The quantitative estimate of drug-likeness (QED) is 0.893. The van der Waals surface area contributed by atoms with Crippen molar-refractivity contribution in [1.29, 1.82) is 0 Å². The predicted octanol–water partition coefficient (Wildman–Crippen LogP) is 3.21. The molecular formula is C18H25N3O. The number of aliphatic hydroxyl groups excluding tert-OH is 1. The number of hydrogen-bond acceptors (Lipinski definition) is 4. The summed E-state index contributed by atoms with van der Waals surface area (Å²) in [4.78, 5) is 9.13. The zero-order valence-electron chi connectivity index (χ0n) is 13.6. The Morgan fingerprint density at radius 3 is 2.68 bits per heavy atom. The van der Waals surface area contributed by atoms with Gasteiger partial charge in [-0.3, -0.25) is 0 Å². The lowest BCUT2D eigenvalue weighted by molar-refractivity contribution is -0.0230. The van der Waals surface area contributed by atoms with E-state index in [0.717, 1.165) is 23.7 Å². The van der Waals surface area contributed by atoms with E-state index in [4.69, 9.17) is 5.73 Å². The van der Waals surface area contributed by atoms with Crippen molar-refractivity contribution in [3.05, 3.63) is 36.3 Å². The third-order valence-electron chi connectivity index (χ3n) is 4.91. The molecule has 22 heavy (non-hydrogen) atoms. The highest BCUT2D eigenvalue weighted by Crippen LogP contribution is 2.50. The van der Waals surface area contributed by atoms with Crippen LogP contribution in [0.3, 0.4) is 0 Å². The molecule has 3 rings (SSSR count). The standard InChI is InChI=1S/C18H25N3O/c1-17(2)8-13(22)9-18(3,11-17)15(19)16-20-10-12-6-4-5-7-14(12)21-16/h4-7,10,13,15,22H,8-9,11,19H2,1-3H3. The largest absolute Gasteiger partial charge is 0.393 e. The van der Waals surface area contributed by atoms with Gasteiger partial charge < -0.3 is 10.8 Å². The third kappa shape index (κ3) is 2.85. The Balaban J connectivity index is 1.95. The van der Waals surface area contributed by atoms with E-state index in [9.17, 15) is 5.11 Å². The molecule has 4 nitrogen and oxygen atoms in total. The Labute approximate surface area is 131 Å². The van der Waals surface area contributed by atoms with Gasteiger partial charge in [0.1, 0.15) is 5.82 Å². The summed E-state index contributed by atoms with van der Waals surface area (Å²) < 4.78 is 0. The first-order valence-corrected chi connectivity index (χ1v) is 7.94. The second kappa shape index (κ2) is 5.28. The Morgan fingerprint density at radius 1 is 1.23 bits per heavy atom. The molecule has 3 atom stereocenters. The molecule has 1 aliphatic rings. The molecule has 0 aliphatic heterocycles. The minimum Gasteiger partial charge on any atom is -0.393 e. The van der Waals surface area contributed by atoms with E-state index in [0.29, 0.717) is 12.2 Å². The molecule has 2 aromatic rings. The minimum atomic E-state index is -0.305. The minimum absolute atomic E-state index is 0.0842. The lowest BCUT2D eigenvalue weighted by Crippen LogP contribution is -2.44. The van der Waals surface area contributed by atoms with Crippen LogP contribution in [0, 0.1) is 10.8 Å². The summed E-state index contributed by atoms with van der Waals surface area (Å²) >= 11 is 0. The SMILES string of the molecule is CC1(C)CC(O)CC(C)(C(N)c2ncc3ccccc3n2)C1. The summed E-state index contributed by atoms with van der Waals surface area (Å²) in [6.07, 6.45) is 4.03. The number of fused-ring (bicyclic) bond motifs is 1. The Kier molecular flexibility index (Phi) is 3.69. The van der Waals surface area contributed by atoms with Gasteiger partial charge in [-0.05, 0) is 36.2 Å². The van der Waals surface area contributed by atoms with Crippen molar-refractivity contribution in [2.45, 2.75) is 52.2 Å². The molecule has 3 unspecified atom stereocenters. The topological polar surface area (TPSA) is 72.0 Å². The molecule has 4 heteroatoms. The number of benzene rings is 1. The van der Waals surface area contributed by atoms with Crippen LogP contribution >= 0.6 is 0 Å². The fraction of sp³-hybridized carbons (Fsp3) is 0.556. The highest BCUT2D eigenvalue weighted by molar-refractivity contribution is 5.77. The zero-order valence-corrected chi connectivity index (χ0v) is 13.6. The Bertz CT molecular complexity index is 685. The summed E-state index contributed by atoms with van der Waals surface area (Å²) in [6, 6.07) is 7.66. The van der Waals surface area contributed by atoms with Gasteiger partial charge in [0.2, 0.25) is 0 Å². The average Bonchev–Trinajstić information content (AvgIpc) is 2.43. The van der Waals surface area contributed by atoms with Crippen LogP contribution in [-0.4, -0.2) is 21.2 Å². The Morgan fingerprint density at radius 2 is 1.95 bits per heavy atom. The van der Waals surface area contributed by atoms with Gasteiger partial charge in [-0.1, -0.05) is 39.0 Å². The van der Waals surface area contributed by atoms with Crippen molar-refractivity contribution >= 4 is 10.9 Å². The number of para-hydroxylation sites is 1. The molecule has 1 aromatic carbocycles. The Hall–Kier alpha value is -1.52. The van der Waals surface area contributed by atoms with Crippen LogP contribution in [0.2, 0.25) is 0 Å². The maximum Gasteiger partial charge on any atom is 0.146 e. The highest BCUT2D eigenvalue weighted by Gasteiger charge is 2.45. The van der Waals surface area contributed by atoms with E-state index < -0.39 is 0 Å². The lowest BCUT2D eigenvalue weighted by Gasteiger charge is -2.47. The van der Waals surface area contributed by atoms with E-state index in [2.05, 4.69) is 30.7 Å². The first kappa shape index (κ1) is 15.4. The maximum atomic E-state index is 10.3. The van der Waals surface area contributed by atoms with Gasteiger partial charge in [0.15, 0.2) is 0 Å². The number of nitrogens with zero attached hydrogens (tertiary/aromatic N) is 2. The molecule has 0 bridgehead atoms. The van der Waals surface area contributed by atoms with Gasteiger partial charge in [-0.15, -0.1) is 0 Å². The molecule has 1 heterocycles. The molecule has 1 fully saturated rings. The normalized spacial score (nSPS) is 29.4. The molecule has 1 aromatic heterocycles. The molecule has 0 saturated heterocycles. The van der Waals surface area contributed by atoms with Crippen LogP contribution < -0.4 is 5.73 Å². The third-order valence-corrected chi connectivity index (χ3v) is 4.91. The second-order valence-corrected chi connectivity index (χ2v) is 7.82. The van der Waals surface area contributed by atoms with Crippen molar-refractivity contribution in [2.24, 2.45) is 16.6 Å². The fourth-order valence-corrected chi connectivity index (χ4v) is 4.17. The van der Waals surface area contributed by atoms with E-state index in [1.807, 2.05) is 30.5 Å². The van der Waals surface area contributed by atoms with Crippen molar-refractivity contribution < 1.29 is 5.11 Å². The first-order chi connectivity index (χ1) is 10.3. The molecule has 3 N–H and O–H groups in total. The number of nitrogens with two attached hydrogens (primary N) is 1. The van der Waals surface area contributed by atoms with Crippen LogP contribution in [0.25, 0.3) is 10.9 Å². The predicted molar refractivity (Wildman–Crippen MR) is 88.2 cm³/mol. The smallest absolute Gasteiger partial charge is 0.146 e. The molecule has 0 amide bonds. The van der Waals surface area contributed by atoms with Crippen LogP contribution in [0.15, 0.2) is 30.5 Å². The summed E-state index contributed by atoms with van der Waals surface area (Å²) in [6.45, 7) is 6.55. The second-order valence-electron chi connectivity index (χ2n) is 7.82. The van der Waals surface area contributed by atoms with Crippen LogP contribution in [-0.2, 0) is 0 Å². The van der Waals surface area contributed by atoms with E-state index in [1.165, 1.54) is 0 Å². The molecule has 1 saturated carbocycles. The van der Waals surface area contributed by atoms with E-state index in [-0.39, 0.29) is 23.0 Å². The summed E-state index contributed by atoms with van der Waals surface area (Å²) in [5, 5.41) is 11.3. The molecular weight excluding hydrogens is 274 g/mol. The molecule has 0 radical (unpaired) electrons. The molecule has 118 valence electrons. The van der Waals surface area contributed by atoms with E-state index >= 15 is 0 Å². The van der Waals surface area contributed by atoms with Gasteiger partial charge in [0.25, 0.3) is 0 Å². The molecule has 0 spiro atoms. The lowest BCUT2D eigenvalue weighted by atomic mass is 9.60. The molecule has 1 aliphatic carbocycles. The van der Waals surface area contributed by atoms with Gasteiger partial charge >= 0.3 is 0 Å². The highest BCUT2D eigenvalue weighted by atomic mass is 16.3. The van der Waals surface area contributed by atoms with Crippen molar-refractivity contribution in [3.8, 4) is 0 Å². The van der Waals surface area contributed by atoms with Gasteiger partial charge in [0.05, 0.1) is 17.7 Å². The van der Waals surface area contributed by atoms with Gasteiger partial charge in [0, 0.05) is 11.6 Å². The fourth-order valence-electron chi connectivity index (χ4n) is 4.17. The number of rotatable bonds is 2. The summed E-state index contributed by atoms with van der Waals surface area (Å²) in [7, 11) is 0. The van der Waals surface area contributed by atoms with Crippen LogP contribution in [0.5, 0.6) is 0 Å². The first-order valence-electron chi connectivity index (χ1n) is 7.94. The summed E-state index contributed by atoms with van der Waals surface area (Å²) in [5.41, 5.74) is 7.35. The average molecular weight is 299 g/mol.